The molecule has 86 valence electrons. The lowest BCUT2D eigenvalue weighted by molar-refractivity contribution is 0.289. The minimum atomic E-state index is -0.343. The van der Waals surface area contributed by atoms with Crippen LogP contribution in [-0.2, 0) is 0 Å². The van der Waals surface area contributed by atoms with Gasteiger partial charge in [0.05, 0.1) is 6.04 Å². The Labute approximate surface area is 94.2 Å². The fraction of sp³-hybridized carbons (Fsp3) is 0.385. The lowest BCUT2D eigenvalue weighted by Crippen LogP contribution is -2.25. The number of benzene rings is 1. The Hall–Kier alpha value is -1.35. The van der Waals surface area contributed by atoms with Gasteiger partial charge in [0.25, 0.3) is 0 Å². The van der Waals surface area contributed by atoms with E-state index in [-0.39, 0.29) is 22.9 Å². The molecule has 0 fully saturated rings. The maximum atomic E-state index is 13.4. The molecule has 1 aromatic heterocycles. The highest BCUT2D eigenvalue weighted by Crippen LogP contribution is 2.34. The molecule has 0 spiro atoms. The Morgan fingerprint density at radius 3 is 2.56 bits per heavy atom. The van der Waals surface area contributed by atoms with Crippen LogP contribution in [0.2, 0.25) is 0 Å². The number of halogens is 1. The van der Waals surface area contributed by atoms with Crippen LogP contribution in [0.4, 0.5) is 4.39 Å². The standard InChI is InChI=1S/C13H16FNO/c1-13(2,3)12(15)10-7-8-5-4-6-9(14)11(8)16-10/h4-7,12H,15H2,1-3H3/t12-/m1/s1. The van der Waals surface area contributed by atoms with Crippen molar-refractivity contribution in [1.82, 2.24) is 0 Å². The Morgan fingerprint density at radius 1 is 1.31 bits per heavy atom. The summed E-state index contributed by atoms with van der Waals surface area (Å²) in [6, 6.07) is 6.45. The van der Waals surface area contributed by atoms with E-state index in [0.717, 1.165) is 5.39 Å². The number of hydrogen-bond acceptors (Lipinski definition) is 2. The molecule has 0 unspecified atom stereocenters. The zero-order valence-electron chi connectivity index (χ0n) is 9.75. The first-order chi connectivity index (χ1) is 7.39. The summed E-state index contributed by atoms with van der Waals surface area (Å²) in [5, 5.41) is 0.759. The highest BCUT2D eigenvalue weighted by atomic mass is 19.1. The SMILES string of the molecule is CC(C)(C)[C@H](N)c1cc2cccc(F)c2o1. The van der Waals surface area contributed by atoms with E-state index >= 15 is 0 Å². The van der Waals surface area contributed by atoms with Gasteiger partial charge in [0.15, 0.2) is 11.4 Å². The third-order valence-corrected chi connectivity index (χ3v) is 2.75. The third kappa shape index (κ3) is 1.83. The van der Waals surface area contributed by atoms with Gasteiger partial charge in [-0.15, -0.1) is 0 Å². The first-order valence-corrected chi connectivity index (χ1v) is 5.33. The number of nitrogens with two attached hydrogens (primary N) is 1. The summed E-state index contributed by atoms with van der Waals surface area (Å²) in [5.74, 6) is 0.289. The molecular formula is C13H16FNO. The predicted octanol–water partition coefficient (Wildman–Crippen LogP) is 3.62. The van der Waals surface area contributed by atoms with Gasteiger partial charge in [-0.05, 0) is 17.5 Å². The normalized spacial score (nSPS) is 14.3. The first kappa shape index (κ1) is 11.1. The number of furan rings is 1. The second-order valence-electron chi connectivity index (χ2n) is 5.15. The largest absolute Gasteiger partial charge is 0.456 e. The van der Waals surface area contributed by atoms with Crippen molar-refractivity contribution >= 4 is 11.0 Å². The summed E-state index contributed by atoms with van der Waals surface area (Å²) in [5.41, 5.74) is 6.25. The van der Waals surface area contributed by atoms with E-state index in [4.69, 9.17) is 10.2 Å². The van der Waals surface area contributed by atoms with Crippen molar-refractivity contribution in [3.8, 4) is 0 Å². The summed E-state index contributed by atoms with van der Waals surface area (Å²) in [7, 11) is 0. The van der Waals surface area contributed by atoms with Crippen molar-refractivity contribution in [2.45, 2.75) is 26.8 Å². The molecule has 2 aromatic rings. The molecule has 2 rings (SSSR count). The Kier molecular flexibility index (Phi) is 2.50. The van der Waals surface area contributed by atoms with Crippen molar-refractivity contribution in [2.75, 3.05) is 0 Å². The lowest BCUT2D eigenvalue weighted by atomic mass is 9.86. The summed E-state index contributed by atoms with van der Waals surface area (Å²) in [6.07, 6.45) is 0. The molecule has 0 amide bonds. The van der Waals surface area contributed by atoms with Crippen LogP contribution in [0.5, 0.6) is 0 Å². The van der Waals surface area contributed by atoms with E-state index < -0.39 is 0 Å². The number of fused-ring (bicyclic) bond motifs is 1. The Bertz CT molecular complexity index is 510. The van der Waals surface area contributed by atoms with Gasteiger partial charge in [0, 0.05) is 5.39 Å². The zero-order chi connectivity index (χ0) is 11.9. The van der Waals surface area contributed by atoms with E-state index in [1.54, 1.807) is 6.07 Å². The molecule has 3 heteroatoms. The molecule has 0 bridgehead atoms. The number of rotatable bonds is 1. The topological polar surface area (TPSA) is 39.2 Å². The zero-order valence-corrected chi connectivity index (χ0v) is 9.75. The van der Waals surface area contributed by atoms with Gasteiger partial charge in [-0.2, -0.15) is 0 Å². The summed E-state index contributed by atoms with van der Waals surface area (Å²) in [4.78, 5) is 0. The minimum Gasteiger partial charge on any atom is -0.456 e. The van der Waals surface area contributed by atoms with Gasteiger partial charge >= 0.3 is 0 Å². The summed E-state index contributed by atoms with van der Waals surface area (Å²) in [6.45, 7) is 6.09. The van der Waals surface area contributed by atoms with E-state index in [1.807, 2.05) is 32.9 Å². The van der Waals surface area contributed by atoms with E-state index in [0.29, 0.717) is 5.76 Å². The van der Waals surface area contributed by atoms with Crippen LogP contribution in [0.25, 0.3) is 11.0 Å². The molecule has 0 aliphatic carbocycles. The van der Waals surface area contributed by atoms with Crippen molar-refractivity contribution in [2.24, 2.45) is 11.1 Å². The van der Waals surface area contributed by atoms with Crippen molar-refractivity contribution < 1.29 is 8.81 Å². The third-order valence-electron chi connectivity index (χ3n) is 2.75. The molecule has 0 radical (unpaired) electrons. The smallest absolute Gasteiger partial charge is 0.169 e. The van der Waals surface area contributed by atoms with E-state index in [9.17, 15) is 4.39 Å². The molecule has 0 saturated carbocycles. The Morgan fingerprint density at radius 2 is 2.00 bits per heavy atom. The van der Waals surface area contributed by atoms with Crippen LogP contribution in [-0.4, -0.2) is 0 Å². The first-order valence-electron chi connectivity index (χ1n) is 5.33. The van der Waals surface area contributed by atoms with Crippen LogP contribution >= 0.6 is 0 Å². The fourth-order valence-corrected chi connectivity index (χ4v) is 1.63. The molecule has 1 heterocycles. The molecule has 0 aliphatic heterocycles. The molecule has 0 saturated heterocycles. The quantitative estimate of drug-likeness (QED) is 0.798. The summed E-state index contributed by atoms with van der Waals surface area (Å²) < 4.78 is 18.9. The average molecular weight is 221 g/mol. The number of para-hydroxylation sites is 1. The minimum absolute atomic E-state index is 0.107. The molecule has 1 atom stereocenters. The molecule has 0 aliphatic rings. The van der Waals surface area contributed by atoms with Crippen LogP contribution in [0, 0.1) is 11.2 Å². The lowest BCUT2D eigenvalue weighted by Gasteiger charge is -2.24. The monoisotopic (exact) mass is 221 g/mol. The van der Waals surface area contributed by atoms with Crippen LogP contribution in [0.15, 0.2) is 28.7 Å². The van der Waals surface area contributed by atoms with Gasteiger partial charge < -0.3 is 10.2 Å². The summed E-state index contributed by atoms with van der Waals surface area (Å²) >= 11 is 0. The van der Waals surface area contributed by atoms with Crippen molar-refractivity contribution in [1.29, 1.82) is 0 Å². The second-order valence-corrected chi connectivity index (χ2v) is 5.15. The van der Waals surface area contributed by atoms with Crippen molar-refractivity contribution in [3.05, 3.63) is 35.8 Å². The van der Waals surface area contributed by atoms with E-state index in [1.165, 1.54) is 6.07 Å². The predicted molar refractivity (Wildman–Crippen MR) is 62.6 cm³/mol. The van der Waals surface area contributed by atoms with Crippen LogP contribution < -0.4 is 5.73 Å². The molecule has 2 N–H and O–H groups in total. The van der Waals surface area contributed by atoms with E-state index in [2.05, 4.69) is 0 Å². The van der Waals surface area contributed by atoms with Gasteiger partial charge in [0.1, 0.15) is 5.76 Å². The maximum absolute atomic E-state index is 13.4. The van der Waals surface area contributed by atoms with Gasteiger partial charge in [0.2, 0.25) is 0 Å². The highest BCUT2D eigenvalue weighted by Gasteiger charge is 2.25. The molecule has 2 nitrogen and oxygen atoms in total. The Balaban J connectivity index is 2.52. The molecule has 16 heavy (non-hydrogen) atoms. The average Bonchev–Trinajstić information content (AvgIpc) is 2.60. The second kappa shape index (κ2) is 3.59. The van der Waals surface area contributed by atoms with Gasteiger partial charge in [-0.3, -0.25) is 0 Å². The van der Waals surface area contributed by atoms with Crippen molar-refractivity contribution in [3.63, 3.8) is 0 Å². The maximum Gasteiger partial charge on any atom is 0.169 e. The fourth-order valence-electron chi connectivity index (χ4n) is 1.63. The molecular weight excluding hydrogens is 205 g/mol. The number of hydrogen-bond donors (Lipinski definition) is 1. The van der Waals surface area contributed by atoms with Crippen LogP contribution in [0.3, 0.4) is 0 Å². The van der Waals surface area contributed by atoms with Gasteiger partial charge in [-0.25, -0.2) is 4.39 Å². The highest BCUT2D eigenvalue weighted by molar-refractivity contribution is 5.78. The van der Waals surface area contributed by atoms with Crippen LogP contribution in [0.1, 0.15) is 32.6 Å². The van der Waals surface area contributed by atoms with Gasteiger partial charge in [-0.1, -0.05) is 32.9 Å². The molecule has 1 aromatic carbocycles.